The van der Waals surface area contributed by atoms with Crippen LogP contribution in [-0.4, -0.2) is 17.8 Å². The molecule has 2 aliphatic heterocycles. The van der Waals surface area contributed by atoms with Gasteiger partial charge in [-0.25, -0.2) is 4.39 Å². The maximum absolute atomic E-state index is 14.6. The highest BCUT2D eigenvalue weighted by atomic mass is 19.1. The van der Waals surface area contributed by atoms with E-state index in [0.717, 1.165) is 18.6 Å². The van der Waals surface area contributed by atoms with Crippen molar-refractivity contribution in [2.75, 3.05) is 0 Å². The van der Waals surface area contributed by atoms with Crippen LogP contribution in [0.4, 0.5) is 4.39 Å². The maximum Gasteiger partial charge on any atom is 0.121 e. The number of hydrogen-bond donors (Lipinski definition) is 1. The number of furan rings is 1. The van der Waals surface area contributed by atoms with E-state index in [9.17, 15) is 4.39 Å². The van der Waals surface area contributed by atoms with Crippen LogP contribution in [0.3, 0.4) is 0 Å². The Kier molecular flexibility index (Phi) is 2.09. The van der Waals surface area contributed by atoms with Gasteiger partial charge in [0.1, 0.15) is 11.4 Å². The molecule has 2 atom stereocenters. The van der Waals surface area contributed by atoms with Gasteiger partial charge in [-0.05, 0) is 37.8 Å². The molecule has 1 aromatic heterocycles. The van der Waals surface area contributed by atoms with Crippen molar-refractivity contribution >= 4 is 0 Å². The van der Waals surface area contributed by atoms with Crippen LogP contribution in [0.25, 0.3) is 0 Å². The Bertz CT molecular complexity index is 323. The number of piperidine rings is 1. The van der Waals surface area contributed by atoms with Gasteiger partial charge >= 0.3 is 0 Å². The fraction of sp³-hybridized carbons (Fsp3) is 0.667. The highest BCUT2D eigenvalue weighted by molar-refractivity contribution is 5.08. The van der Waals surface area contributed by atoms with Gasteiger partial charge in [0.25, 0.3) is 0 Å². The summed E-state index contributed by atoms with van der Waals surface area (Å²) in [5.41, 5.74) is -1.05. The largest absolute Gasteiger partial charge is 0.469 e. The first-order valence-corrected chi connectivity index (χ1v) is 5.71. The molecule has 2 nitrogen and oxygen atoms in total. The third-order valence-corrected chi connectivity index (χ3v) is 3.63. The third kappa shape index (κ3) is 1.81. The van der Waals surface area contributed by atoms with E-state index >= 15 is 0 Å². The normalized spacial score (nSPS) is 39.5. The molecule has 3 rings (SSSR count). The van der Waals surface area contributed by atoms with Crippen LogP contribution < -0.4 is 5.32 Å². The lowest BCUT2D eigenvalue weighted by atomic mass is 9.86. The molecule has 0 amide bonds. The summed E-state index contributed by atoms with van der Waals surface area (Å²) >= 11 is 0. The van der Waals surface area contributed by atoms with Crippen molar-refractivity contribution in [3.05, 3.63) is 24.2 Å². The zero-order chi connectivity index (χ0) is 10.3. The second-order valence-corrected chi connectivity index (χ2v) is 4.95. The van der Waals surface area contributed by atoms with Gasteiger partial charge in [0, 0.05) is 18.5 Å². The average molecular weight is 209 g/mol. The molecule has 1 aromatic rings. The van der Waals surface area contributed by atoms with Crippen LogP contribution in [0.5, 0.6) is 0 Å². The molecule has 0 aromatic carbocycles. The molecule has 1 N–H and O–H groups in total. The van der Waals surface area contributed by atoms with Crippen LogP contribution >= 0.6 is 0 Å². The van der Waals surface area contributed by atoms with E-state index in [1.54, 1.807) is 6.26 Å². The first-order valence-electron chi connectivity index (χ1n) is 5.71. The number of rotatable bonds is 2. The van der Waals surface area contributed by atoms with Crippen molar-refractivity contribution in [2.24, 2.45) is 0 Å². The molecule has 2 aliphatic rings. The first-order chi connectivity index (χ1) is 7.23. The Morgan fingerprint density at radius 2 is 2.13 bits per heavy atom. The summed E-state index contributed by atoms with van der Waals surface area (Å²) in [7, 11) is 0. The van der Waals surface area contributed by atoms with Crippen molar-refractivity contribution < 1.29 is 8.81 Å². The fourth-order valence-electron chi connectivity index (χ4n) is 3.06. The van der Waals surface area contributed by atoms with Gasteiger partial charge in [0.15, 0.2) is 0 Å². The second kappa shape index (κ2) is 3.34. The van der Waals surface area contributed by atoms with E-state index in [2.05, 4.69) is 5.32 Å². The minimum atomic E-state index is -1.05. The van der Waals surface area contributed by atoms with Crippen molar-refractivity contribution in [2.45, 2.75) is 49.9 Å². The topological polar surface area (TPSA) is 25.2 Å². The SMILES string of the molecule is FC1(Cc2ccco2)CC2CCC(C1)N2. The van der Waals surface area contributed by atoms with Crippen molar-refractivity contribution in [3.63, 3.8) is 0 Å². The standard InChI is InChI=1S/C12H16FNO/c13-12(8-11-2-1-5-15-11)6-9-3-4-10(7-12)14-9/h1-2,5,9-10,14H,3-4,6-8H2. The minimum Gasteiger partial charge on any atom is -0.469 e. The van der Waals surface area contributed by atoms with E-state index in [1.807, 2.05) is 12.1 Å². The smallest absolute Gasteiger partial charge is 0.121 e. The molecule has 2 unspecified atom stereocenters. The first kappa shape index (κ1) is 9.40. The predicted octanol–water partition coefficient (Wildman–Crippen LogP) is 2.44. The summed E-state index contributed by atoms with van der Waals surface area (Å²) < 4.78 is 19.8. The minimum absolute atomic E-state index is 0.392. The number of alkyl halides is 1. The average Bonchev–Trinajstić information content (AvgIpc) is 2.76. The zero-order valence-electron chi connectivity index (χ0n) is 8.71. The molecule has 0 radical (unpaired) electrons. The highest BCUT2D eigenvalue weighted by Gasteiger charge is 2.44. The van der Waals surface area contributed by atoms with E-state index in [-0.39, 0.29) is 0 Å². The molecule has 0 saturated carbocycles. The van der Waals surface area contributed by atoms with Gasteiger partial charge in [-0.1, -0.05) is 0 Å². The summed E-state index contributed by atoms with van der Waals surface area (Å²) in [4.78, 5) is 0. The Hall–Kier alpha value is -0.830. The number of nitrogens with one attached hydrogen (secondary N) is 1. The monoisotopic (exact) mass is 209 g/mol. The van der Waals surface area contributed by atoms with E-state index in [4.69, 9.17) is 4.42 Å². The van der Waals surface area contributed by atoms with Crippen molar-refractivity contribution in [1.29, 1.82) is 0 Å². The van der Waals surface area contributed by atoms with Crippen molar-refractivity contribution in [3.8, 4) is 0 Å². The number of fused-ring (bicyclic) bond motifs is 2. The molecular weight excluding hydrogens is 193 g/mol. The lowest BCUT2D eigenvalue weighted by Gasteiger charge is -2.34. The number of hydrogen-bond acceptors (Lipinski definition) is 2. The Morgan fingerprint density at radius 1 is 1.40 bits per heavy atom. The van der Waals surface area contributed by atoms with Gasteiger partial charge < -0.3 is 9.73 Å². The molecular formula is C12H16FNO. The van der Waals surface area contributed by atoms with Gasteiger partial charge in [-0.3, -0.25) is 0 Å². The molecule has 3 heteroatoms. The Balaban J connectivity index is 1.74. The highest BCUT2D eigenvalue weighted by Crippen LogP contribution is 2.38. The quantitative estimate of drug-likeness (QED) is 0.809. The van der Waals surface area contributed by atoms with Crippen molar-refractivity contribution in [1.82, 2.24) is 5.32 Å². The van der Waals surface area contributed by atoms with Crippen LogP contribution in [0.2, 0.25) is 0 Å². The molecule has 0 spiro atoms. The molecule has 3 heterocycles. The summed E-state index contributed by atoms with van der Waals surface area (Å²) in [6.45, 7) is 0. The summed E-state index contributed by atoms with van der Waals surface area (Å²) in [5.74, 6) is 0.777. The van der Waals surface area contributed by atoms with Crippen LogP contribution in [0.1, 0.15) is 31.4 Å². The van der Waals surface area contributed by atoms with Gasteiger partial charge in [0.05, 0.1) is 6.26 Å². The van der Waals surface area contributed by atoms with E-state index in [0.29, 0.717) is 31.3 Å². The van der Waals surface area contributed by atoms with Crippen LogP contribution in [-0.2, 0) is 6.42 Å². The molecule has 2 fully saturated rings. The van der Waals surface area contributed by atoms with E-state index < -0.39 is 5.67 Å². The maximum atomic E-state index is 14.6. The Morgan fingerprint density at radius 3 is 2.73 bits per heavy atom. The van der Waals surface area contributed by atoms with Gasteiger partial charge in [-0.15, -0.1) is 0 Å². The molecule has 0 aliphatic carbocycles. The van der Waals surface area contributed by atoms with Gasteiger partial charge in [-0.2, -0.15) is 0 Å². The lowest BCUT2D eigenvalue weighted by Crippen LogP contribution is -2.47. The molecule has 82 valence electrons. The summed E-state index contributed by atoms with van der Waals surface area (Å²) in [5, 5.41) is 3.45. The Labute approximate surface area is 88.8 Å². The summed E-state index contributed by atoms with van der Waals surface area (Å²) in [6, 6.07) is 4.48. The second-order valence-electron chi connectivity index (χ2n) is 4.95. The van der Waals surface area contributed by atoms with Crippen LogP contribution in [0.15, 0.2) is 22.8 Å². The fourth-order valence-corrected chi connectivity index (χ4v) is 3.06. The zero-order valence-corrected chi connectivity index (χ0v) is 8.71. The number of halogens is 1. The third-order valence-electron chi connectivity index (χ3n) is 3.63. The lowest BCUT2D eigenvalue weighted by molar-refractivity contribution is 0.0835. The van der Waals surface area contributed by atoms with Gasteiger partial charge in [0.2, 0.25) is 0 Å². The molecule has 15 heavy (non-hydrogen) atoms. The summed E-state index contributed by atoms with van der Waals surface area (Å²) in [6.07, 6.45) is 5.61. The molecule has 2 saturated heterocycles. The predicted molar refractivity (Wildman–Crippen MR) is 55.4 cm³/mol. The molecule has 2 bridgehead atoms. The van der Waals surface area contributed by atoms with E-state index in [1.165, 1.54) is 0 Å². The van der Waals surface area contributed by atoms with Crippen LogP contribution in [0, 0.1) is 0 Å².